The first-order valence-electron chi connectivity index (χ1n) is 8.48. The molecule has 0 atom stereocenters. The third kappa shape index (κ3) is 3.69. The van der Waals surface area contributed by atoms with Gasteiger partial charge in [0.05, 0.1) is 16.9 Å². The molecule has 0 fully saturated rings. The molecule has 0 unspecified atom stereocenters. The lowest BCUT2D eigenvalue weighted by atomic mass is 10.2. The predicted octanol–water partition coefficient (Wildman–Crippen LogP) is 5.28. The maximum atomic E-state index is 12.7. The van der Waals surface area contributed by atoms with Crippen molar-refractivity contribution >= 4 is 52.3 Å². The number of para-hydroxylation sites is 1. The van der Waals surface area contributed by atoms with E-state index < -0.39 is 5.97 Å². The largest absolute Gasteiger partial charge is 0.478 e. The zero-order valence-corrected chi connectivity index (χ0v) is 16.1. The molecule has 7 heteroatoms. The van der Waals surface area contributed by atoms with Crippen molar-refractivity contribution in [2.75, 3.05) is 16.8 Å². The number of carboxylic acid groups (broad SMARTS) is 1. The Balaban J connectivity index is 1.62. The number of aromatic carboxylic acids is 1. The molecule has 3 aromatic rings. The molecule has 0 saturated carbocycles. The van der Waals surface area contributed by atoms with E-state index in [1.165, 1.54) is 12.1 Å². The highest BCUT2D eigenvalue weighted by Crippen LogP contribution is 2.48. The standard InChI is InChI=1S/C21H15ClN2O3S/c22-14-8-9-19-17(11-14)24(16-6-1-2-7-18(16)28-19)12-20(25)23-15-5-3-4-13(10-15)21(26)27/h1-11H,12H2,(H,23,25)(H,26,27). The van der Waals surface area contributed by atoms with Crippen molar-refractivity contribution < 1.29 is 14.7 Å². The highest BCUT2D eigenvalue weighted by atomic mass is 35.5. The Morgan fingerprint density at radius 3 is 2.57 bits per heavy atom. The average Bonchev–Trinajstić information content (AvgIpc) is 2.68. The molecule has 1 heterocycles. The molecule has 2 N–H and O–H groups in total. The van der Waals surface area contributed by atoms with E-state index in [-0.39, 0.29) is 18.0 Å². The third-order valence-corrected chi connectivity index (χ3v) is 5.65. The molecule has 28 heavy (non-hydrogen) atoms. The first kappa shape index (κ1) is 18.4. The third-order valence-electron chi connectivity index (χ3n) is 4.28. The molecule has 0 saturated heterocycles. The normalized spacial score (nSPS) is 12.1. The number of amides is 1. The summed E-state index contributed by atoms with van der Waals surface area (Å²) in [6.45, 7) is 0.0716. The molecule has 0 aliphatic carbocycles. The van der Waals surface area contributed by atoms with Gasteiger partial charge in [0.15, 0.2) is 0 Å². The van der Waals surface area contributed by atoms with E-state index in [2.05, 4.69) is 5.32 Å². The van der Waals surface area contributed by atoms with Crippen LogP contribution < -0.4 is 10.2 Å². The molecule has 1 amide bonds. The molecule has 1 aliphatic rings. The minimum absolute atomic E-state index is 0.0716. The van der Waals surface area contributed by atoms with Gasteiger partial charge in [-0.3, -0.25) is 4.79 Å². The maximum absolute atomic E-state index is 12.7. The van der Waals surface area contributed by atoms with Gasteiger partial charge in [0, 0.05) is 20.5 Å². The fourth-order valence-corrected chi connectivity index (χ4v) is 4.29. The van der Waals surface area contributed by atoms with Crippen LogP contribution in [0.3, 0.4) is 0 Å². The molecular weight excluding hydrogens is 396 g/mol. The number of hydrogen-bond donors (Lipinski definition) is 2. The number of carbonyl (C=O) groups excluding carboxylic acids is 1. The van der Waals surface area contributed by atoms with Gasteiger partial charge in [-0.2, -0.15) is 0 Å². The molecule has 0 bridgehead atoms. The summed E-state index contributed by atoms with van der Waals surface area (Å²) in [5.41, 5.74) is 2.35. The second-order valence-corrected chi connectivity index (χ2v) is 7.72. The smallest absolute Gasteiger partial charge is 0.335 e. The van der Waals surface area contributed by atoms with Crippen LogP contribution in [0.4, 0.5) is 17.1 Å². The van der Waals surface area contributed by atoms with Gasteiger partial charge < -0.3 is 15.3 Å². The Kier molecular flexibility index (Phi) is 4.98. The quantitative estimate of drug-likeness (QED) is 0.612. The van der Waals surface area contributed by atoms with Crippen molar-refractivity contribution in [1.82, 2.24) is 0 Å². The van der Waals surface area contributed by atoms with Gasteiger partial charge in [-0.1, -0.05) is 41.6 Å². The molecule has 4 rings (SSSR count). The molecule has 140 valence electrons. The Bertz CT molecular complexity index is 1090. The topological polar surface area (TPSA) is 69.6 Å². The summed E-state index contributed by atoms with van der Waals surface area (Å²) in [7, 11) is 0. The van der Waals surface area contributed by atoms with Crippen LogP contribution in [0.2, 0.25) is 5.02 Å². The van der Waals surface area contributed by atoms with Crippen molar-refractivity contribution in [2.45, 2.75) is 9.79 Å². The number of halogens is 1. The SMILES string of the molecule is O=C(CN1c2ccccc2Sc2ccc(Cl)cc21)Nc1cccc(C(=O)O)c1. The van der Waals surface area contributed by atoms with Crippen LogP contribution in [0.5, 0.6) is 0 Å². The first-order chi connectivity index (χ1) is 13.5. The maximum Gasteiger partial charge on any atom is 0.335 e. The van der Waals surface area contributed by atoms with Crippen molar-refractivity contribution in [3.8, 4) is 0 Å². The van der Waals surface area contributed by atoms with E-state index in [4.69, 9.17) is 16.7 Å². The minimum atomic E-state index is -1.04. The number of anilines is 3. The van der Waals surface area contributed by atoms with E-state index in [1.54, 1.807) is 23.9 Å². The van der Waals surface area contributed by atoms with Gasteiger partial charge in [0.2, 0.25) is 5.91 Å². The summed E-state index contributed by atoms with van der Waals surface area (Å²) >= 11 is 7.82. The number of carbonyl (C=O) groups is 2. The summed E-state index contributed by atoms with van der Waals surface area (Å²) in [4.78, 5) is 27.8. The van der Waals surface area contributed by atoms with Crippen molar-refractivity contribution in [3.63, 3.8) is 0 Å². The molecule has 0 radical (unpaired) electrons. The second-order valence-electron chi connectivity index (χ2n) is 6.20. The molecule has 5 nitrogen and oxygen atoms in total. The minimum Gasteiger partial charge on any atom is -0.478 e. The summed E-state index contributed by atoms with van der Waals surface area (Å²) in [6, 6.07) is 19.7. The van der Waals surface area contributed by atoms with Gasteiger partial charge in [-0.05, 0) is 48.5 Å². The highest BCUT2D eigenvalue weighted by Gasteiger charge is 2.25. The molecule has 0 spiro atoms. The van der Waals surface area contributed by atoms with E-state index in [0.717, 1.165) is 21.2 Å². The predicted molar refractivity (Wildman–Crippen MR) is 111 cm³/mol. The van der Waals surface area contributed by atoms with E-state index in [0.29, 0.717) is 10.7 Å². The Hall–Kier alpha value is -2.96. The number of rotatable bonds is 4. The van der Waals surface area contributed by atoms with E-state index >= 15 is 0 Å². The van der Waals surface area contributed by atoms with Gasteiger partial charge in [-0.15, -0.1) is 0 Å². The van der Waals surface area contributed by atoms with Crippen LogP contribution in [0.1, 0.15) is 10.4 Å². The van der Waals surface area contributed by atoms with Crippen molar-refractivity contribution in [2.24, 2.45) is 0 Å². The number of benzene rings is 3. The number of hydrogen-bond acceptors (Lipinski definition) is 4. The van der Waals surface area contributed by atoms with E-state index in [1.807, 2.05) is 47.4 Å². The first-order valence-corrected chi connectivity index (χ1v) is 9.68. The Morgan fingerprint density at radius 1 is 0.964 bits per heavy atom. The van der Waals surface area contributed by atoms with Gasteiger partial charge in [-0.25, -0.2) is 4.79 Å². The van der Waals surface area contributed by atoms with Gasteiger partial charge in [0.1, 0.15) is 6.54 Å². The van der Waals surface area contributed by atoms with Crippen LogP contribution in [0.25, 0.3) is 0 Å². The average molecular weight is 411 g/mol. The summed E-state index contributed by atoms with van der Waals surface area (Å²) in [5, 5.41) is 12.5. The van der Waals surface area contributed by atoms with Gasteiger partial charge >= 0.3 is 5.97 Å². The zero-order chi connectivity index (χ0) is 19.7. The van der Waals surface area contributed by atoms with Crippen molar-refractivity contribution in [1.29, 1.82) is 0 Å². The Labute approximate surface area is 170 Å². The summed E-state index contributed by atoms with van der Waals surface area (Å²) in [6.07, 6.45) is 0. The molecular formula is C21H15ClN2O3S. The van der Waals surface area contributed by atoms with Crippen LogP contribution in [-0.4, -0.2) is 23.5 Å². The molecule has 0 aromatic heterocycles. The fraction of sp³-hybridized carbons (Fsp3) is 0.0476. The van der Waals surface area contributed by atoms with Crippen LogP contribution in [-0.2, 0) is 4.79 Å². The monoisotopic (exact) mass is 410 g/mol. The van der Waals surface area contributed by atoms with Crippen molar-refractivity contribution in [3.05, 3.63) is 77.3 Å². The molecule has 3 aromatic carbocycles. The lowest BCUT2D eigenvalue weighted by Crippen LogP contribution is -2.31. The van der Waals surface area contributed by atoms with Crippen LogP contribution in [0, 0.1) is 0 Å². The van der Waals surface area contributed by atoms with Gasteiger partial charge in [0.25, 0.3) is 0 Å². The fourth-order valence-electron chi connectivity index (χ4n) is 3.05. The van der Waals surface area contributed by atoms with E-state index in [9.17, 15) is 9.59 Å². The number of fused-ring (bicyclic) bond motifs is 2. The molecule has 1 aliphatic heterocycles. The summed E-state index contributed by atoms with van der Waals surface area (Å²) < 4.78 is 0. The second kappa shape index (κ2) is 7.58. The highest BCUT2D eigenvalue weighted by molar-refractivity contribution is 7.99. The van der Waals surface area contributed by atoms with Crippen LogP contribution >= 0.6 is 23.4 Å². The lowest BCUT2D eigenvalue weighted by Gasteiger charge is -2.32. The number of nitrogens with zero attached hydrogens (tertiary/aromatic N) is 1. The Morgan fingerprint density at radius 2 is 1.75 bits per heavy atom. The van der Waals surface area contributed by atoms with Crippen LogP contribution in [0.15, 0.2) is 76.5 Å². The zero-order valence-electron chi connectivity index (χ0n) is 14.6. The summed E-state index contributed by atoms with van der Waals surface area (Å²) in [5.74, 6) is -1.29. The lowest BCUT2D eigenvalue weighted by molar-refractivity contribution is -0.114. The number of nitrogens with one attached hydrogen (secondary N) is 1. The number of carboxylic acids is 1.